The maximum Gasteiger partial charge on any atom is 0.191 e. The Morgan fingerprint density at radius 2 is 2.10 bits per heavy atom. The number of thiazole rings is 1. The van der Waals surface area contributed by atoms with Crippen molar-refractivity contribution >= 4 is 45.3 Å². The van der Waals surface area contributed by atoms with Crippen molar-refractivity contribution in [3.05, 3.63) is 58.4 Å². The van der Waals surface area contributed by atoms with E-state index >= 15 is 0 Å². The van der Waals surface area contributed by atoms with Crippen molar-refractivity contribution in [3.63, 3.8) is 0 Å². The second-order valence-electron chi connectivity index (χ2n) is 7.45. The van der Waals surface area contributed by atoms with Crippen molar-refractivity contribution in [2.45, 2.75) is 43.3 Å². The SMILES string of the molecule is Cc1ccc(Nc2nc(CSc3nnc(-c4cccs4)n3C[C@@H]3CCCO3)cs2)cc1. The van der Waals surface area contributed by atoms with E-state index in [0.717, 1.165) is 64.1 Å². The Morgan fingerprint density at radius 3 is 2.87 bits per heavy atom. The lowest BCUT2D eigenvalue weighted by atomic mass is 10.2. The molecule has 0 spiro atoms. The number of aryl methyl sites for hydroxylation is 1. The van der Waals surface area contributed by atoms with Gasteiger partial charge in [0.05, 0.1) is 23.2 Å². The van der Waals surface area contributed by atoms with Gasteiger partial charge < -0.3 is 10.1 Å². The molecule has 1 aliphatic heterocycles. The molecule has 160 valence electrons. The summed E-state index contributed by atoms with van der Waals surface area (Å²) in [5, 5.41) is 18.4. The lowest BCUT2D eigenvalue weighted by Crippen LogP contribution is -2.16. The summed E-state index contributed by atoms with van der Waals surface area (Å²) in [6.07, 6.45) is 2.45. The summed E-state index contributed by atoms with van der Waals surface area (Å²) in [5.41, 5.74) is 3.33. The molecule has 3 aromatic heterocycles. The Bertz CT molecular complexity index is 1110. The van der Waals surface area contributed by atoms with Gasteiger partial charge in [0.25, 0.3) is 0 Å². The van der Waals surface area contributed by atoms with Gasteiger partial charge >= 0.3 is 0 Å². The molecule has 1 saturated heterocycles. The summed E-state index contributed by atoms with van der Waals surface area (Å²) in [5.74, 6) is 1.67. The van der Waals surface area contributed by atoms with Crippen molar-refractivity contribution in [2.24, 2.45) is 0 Å². The number of benzene rings is 1. The zero-order valence-electron chi connectivity index (χ0n) is 17.2. The van der Waals surface area contributed by atoms with E-state index < -0.39 is 0 Å². The molecule has 0 saturated carbocycles. The van der Waals surface area contributed by atoms with Gasteiger partial charge in [-0.3, -0.25) is 4.57 Å². The Labute approximate surface area is 193 Å². The predicted octanol–water partition coefficient (Wildman–Crippen LogP) is 5.99. The second kappa shape index (κ2) is 9.52. The van der Waals surface area contributed by atoms with Crippen LogP contribution in [0.2, 0.25) is 0 Å². The lowest BCUT2D eigenvalue weighted by Gasteiger charge is -2.14. The van der Waals surface area contributed by atoms with Gasteiger partial charge in [-0.15, -0.1) is 32.9 Å². The van der Waals surface area contributed by atoms with Gasteiger partial charge in [-0.05, 0) is 43.3 Å². The van der Waals surface area contributed by atoms with Crippen LogP contribution in [0.4, 0.5) is 10.8 Å². The largest absolute Gasteiger partial charge is 0.376 e. The maximum atomic E-state index is 5.88. The fourth-order valence-electron chi connectivity index (χ4n) is 3.47. The topological polar surface area (TPSA) is 64.9 Å². The number of ether oxygens (including phenoxy) is 1. The Kier molecular flexibility index (Phi) is 6.35. The molecular weight excluding hydrogens is 446 g/mol. The number of nitrogens with zero attached hydrogens (tertiary/aromatic N) is 4. The molecule has 0 bridgehead atoms. The van der Waals surface area contributed by atoms with E-state index in [9.17, 15) is 0 Å². The standard InChI is InChI=1S/C22H23N5OS3/c1-15-6-8-16(9-7-15)23-21-24-17(13-30-21)14-31-22-26-25-20(19-5-3-11-29-19)27(22)12-18-4-2-10-28-18/h3,5-9,11,13,18H,2,4,10,12,14H2,1H3,(H,23,24)/t18-/m0/s1. The maximum absolute atomic E-state index is 5.88. The number of hydrogen-bond acceptors (Lipinski definition) is 8. The molecule has 0 amide bonds. The monoisotopic (exact) mass is 469 g/mol. The molecular formula is C22H23N5OS3. The van der Waals surface area contributed by atoms with Crippen LogP contribution in [0.1, 0.15) is 24.1 Å². The Hall–Kier alpha value is -2.20. The molecule has 5 rings (SSSR count). The predicted molar refractivity (Wildman–Crippen MR) is 128 cm³/mol. The van der Waals surface area contributed by atoms with Crippen LogP contribution in [-0.4, -0.2) is 32.5 Å². The minimum absolute atomic E-state index is 0.235. The second-order valence-corrected chi connectivity index (χ2v) is 10.2. The van der Waals surface area contributed by atoms with Crippen molar-refractivity contribution < 1.29 is 4.74 Å². The van der Waals surface area contributed by atoms with Crippen molar-refractivity contribution in [1.29, 1.82) is 0 Å². The van der Waals surface area contributed by atoms with Crippen LogP contribution in [-0.2, 0) is 17.0 Å². The molecule has 6 nitrogen and oxygen atoms in total. The molecule has 1 atom stereocenters. The summed E-state index contributed by atoms with van der Waals surface area (Å²) in [6, 6.07) is 12.5. The van der Waals surface area contributed by atoms with Crippen LogP contribution in [0.3, 0.4) is 0 Å². The van der Waals surface area contributed by atoms with Gasteiger partial charge in [0, 0.05) is 23.4 Å². The highest BCUT2D eigenvalue weighted by molar-refractivity contribution is 7.98. The van der Waals surface area contributed by atoms with E-state index in [1.54, 1.807) is 34.4 Å². The van der Waals surface area contributed by atoms with Gasteiger partial charge in [0.15, 0.2) is 16.1 Å². The number of thiophene rings is 1. The lowest BCUT2D eigenvalue weighted by molar-refractivity contribution is 0.0953. The minimum atomic E-state index is 0.235. The summed E-state index contributed by atoms with van der Waals surface area (Å²) in [7, 11) is 0. The fourth-order valence-corrected chi connectivity index (χ4v) is 5.86. The summed E-state index contributed by atoms with van der Waals surface area (Å²) < 4.78 is 8.10. The van der Waals surface area contributed by atoms with Crippen molar-refractivity contribution in [3.8, 4) is 10.7 Å². The normalized spacial score (nSPS) is 16.1. The highest BCUT2D eigenvalue weighted by Crippen LogP contribution is 2.31. The van der Waals surface area contributed by atoms with E-state index in [1.165, 1.54) is 5.56 Å². The van der Waals surface area contributed by atoms with E-state index in [4.69, 9.17) is 9.72 Å². The van der Waals surface area contributed by atoms with E-state index in [-0.39, 0.29) is 6.10 Å². The first kappa shape index (κ1) is 20.7. The molecule has 0 unspecified atom stereocenters. The Morgan fingerprint density at radius 1 is 1.19 bits per heavy atom. The molecule has 0 aliphatic carbocycles. The number of anilines is 2. The first-order valence-electron chi connectivity index (χ1n) is 10.2. The minimum Gasteiger partial charge on any atom is -0.376 e. The zero-order chi connectivity index (χ0) is 21.0. The summed E-state index contributed by atoms with van der Waals surface area (Å²) >= 11 is 4.99. The zero-order valence-corrected chi connectivity index (χ0v) is 19.6. The van der Waals surface area contributed by atoms with Gasteiger partial charge in [-0.1, -0.05) is 35.5 Å². The molecule has 9 heteroatoms. The van der Waals surface area contributed by atoms with Gasteiger partial charge in [-0.2, -0.15) is 0 Å². The molecule has 4 aromatic rings. The van der Waals surface area contributed by atoms with Gasteiger partial charge in [0.1, 0.15) is 0 Å². The van der Waals surface area contributed by atoms with Crippen molar-refractivity contribution in [2.75, 3.05) is 11.9 Å². The van der Waals surface area contributed by atoms with Gasteiger partial charge in [0.2, 0.25) is 0 Å². The first-order chi connectivity index (χ1) is 15.2. The molecule has 4 heterocycles. The molecule has 1 aromatic carbocycles. The average molecular weight is 470 g/mol. The first-order valence-corrected chi connectivity index (χ1v) is 13.0. The molecule has 1 aliphatic rings. The molecule has 1 N–H and O–H groups in total. The highest BCUT2D eigenvalue weighted by atomic mass is 32.2. The molecule has 31 heavy (non-hydrogen) atoms. The van der Waals surface area contributed by atoms with Gasteiger partial charge in [-0.25, -0.2) is 4.98 Å². The van der Waals surface area contributed by atoms with E-state index in [0.29, 0.717) is 0 Å². The smallest absolute Gasteiger partial charge is 0.191 e. The Balaban J connectivity index is 1.29. The third kappa shape index (κ3) is 5.01. The van der Waals surface area contributed by atoms with E-state index in [1.807, 2.05) is 0 Å². The number of hydrogen-bond donors (Lipinski definition) is 1. The van der Waals surface area contributed by atoms with Crippen LogP contribution < -0.4 is 5.32 Å². The van der Waals surface area contributed by atoms with Crippen LogP contribution in [0, 0.1) is 6.92 Å². The number of thioether (sulfide) groups is 1. The third-order valence-electron chi connectivity index (χ3n) is 5.07. The number of nitrogens with one attached hydrogen (secondary N) is 1. The van der Waals surface area contributed by atoms with Crippen LogP contribution in [0.25, 0.3) is 10.7 Å². The summed E-state index contributed by atoms with van der Waals surface area (Å²) in [4.78, 5) is 5.87. The van der Waals surface area contributed by atoms with Crippen LogP contribution >= 0.6 is 34.4 Å². The average Bonchev–Trinajstić information content (AvgIpc) is 3.57. The third-order valence-corrected chi connectivity index (χ3v) is 7.75. The van der Waals surface area contributed by atoms with Crippen molar-refractivity contribution in [1.82, 2.24) is 19.7 Å². The van der Waals surface area contributed by atoms with Crippen LogP contribution in [0.5, 0.6) is 0 Å². The fraction of sp³-hybridized carbons (Fsp3) is 0.318. The number of aromatic nitrogens is 4. The quantitative estimate of drug-likeness (QED) is 0.320. The molecule has 0 radical (unpaired) electrons. The molecule has 1 fully saturated rings. The highest BCUT2D eigenvalue weighted by Gasteiger charge is 2.22. The van der Waals surface area contributed by atoms with E-state index in [2.05, 4.69) is 74.2 Å². The summed E-state index contributed by atoms with van der Waals surface area (Å²) in [6.45, 7) is 3.73. The number of rotatable bonds is 8. The van der Waals surface area contributed by atoms with Crippen LogP contribution in [0.15, 0.2) is 52.3 Å².